The number of benzene rings is 2. The van der Waals surface area contributed by atoms with Gasteiger partial charge in [-0.2, -0.15) is 4.31 Å². The van der Waals surface area contributed by atoms with Gasteiger partial charge in [-0.3, -0.25) is 14.9 Å². The molecule has 1 saturated carbocycles. The Morgan fingerprint density at radius 2 is 1.79 bits per heavy atom. The third-order valence-corrected chi connectivity index (χ3v) is 7.48. The summed E-state index contributed by atoms with van der Waals surface area (Å²) in [5, 5.41) is 13.6. The number of nitro benzene ring substituents is 1. The fourth-order valence-electron chi connectivity index (χ4n) is 3.93. The van der Waals surface area contributed by atoms with E-state index >= 15 is 0 Å². The number of methoxy groups -OCH3 is 2. The van der Waals surface area contributed by atoms with E-state index in [4.69, 9.17) is 9.47 Å². The SMILES string of the molecule is COc1ccc(S(=O)(=O)N(CC(=O)Nc2cccc([N+](=O)[O-])c2)C2CCCCC2)cc1OC. The van der Waals surface area contributed by atoms with Crippen LogP contribution in [0.5, 0.6) is 11.5 Å². The molecule has 2 aromatic carbocycles. The summed E-state index contributed by atoms with van der Waals surface area (Å²) in [7, 11) is -1.17. The van der Waals surface area contributed by atoms with Crippen LogP contribution in [0.1, 0.15) is 32.1 Å². The van der Waals surface area contributed by atoms with E-state index < -0.39 is 27.4 Å². The molecule has 1 aliphatic rings. The molecule has 0 heterocycles. The summed E-state index contributed by atoms with van der Waals surface area (Å²) in [6, 6.07) is 9.48. The van der Waals surface area contributed by atoms with Gasteiger partial charge in [0.15, 0.2) is 11.5 Å². The van der Waals surface area contributed by atoms with Gasteiger partial charge in [-0.15, -0.1) is 0 Å². The summed E-state index contributed by atoms with van der Waals surface area (Å²) in [5.41, 5.74) is 0.0520. The first kappa shape index (κ1) is 24.5. The summed E-state index contributed by atoms with van der Waals surface area (Å²) < 4.78 is 38.8. The standard InChI is InChI=1S/C22H27N3O7S/c1-31-20-12-11-19(14-21(20)32-2)33(29,30)24(17-8-4-3-5-9-17)15-22(26)23-16-7-6-10-18(13-16)25(27)28/h6-7,10-14,17H,3-5,8-9,15H2,1-2H3,(H,23,26). The highest BCUT2D eigenvalue weighted by Crippen LogP contribution is 2.33. The van der Waals surface area contributed by atoms with Crippen molar-refractivity contribution in [3.05, 3.63) is 52.6 Å². The number of hydrogen-bond acceptors (Lipinski definition) is 7. The smallest absolute Gasteiger partial charge is 0.271 e. The number of amides is 1. The van der Waals surface area contributed by atoms with Crippen molar-refractivity contribution in [3.63, 3.8) is 0 Å². The van der Waals surface area contributed by atoms with Gasteiger partial charge in [0.25, 0.3) is 5.69 Å². The van der Waals surface area contributed by atoms with Gasteiger partial charge in [-0.25, -0.2) is 8.42 Å². The fraction of sp³-hybridized carbons (Fsp3) is 0.409. The minimum Gasteiger partial charge on any atom is -0.493 e. The topological polar surface area (TPSA) is 128 Å². The van der Waals surface area contributed by atoms with Crippen LogP contribution in [0.3, 0.4) is 0 Å². The van der Waals surface area contributed by atoms with E-state index in [0.717, 1.165) is 19.3 Å². The Balaban J connectivity index is 1.89. The number of non-ortho nitro benzene ring substituents is 1. The van der Waals surface area contributed by atoms with Gasteiger partial charge in [-0.05, 0) is 31.0 Å². The Bertz CT molecular complexity index is 1110. The Morgan fingerprint density at radius 1 is 1.09 bits per heavy atom. The van der Waals surface area contributed by atoms with Crippen molar-refractivity contribution >= 4 is 27.3 Å². The molecule has 1 fully saturated rings. The predicted octanol–water partition coefficient (Wildman–Crippen LogP) is 3.57. The zero-order chi connectivity index (χ0) is 24.0. The fourth-order valence-corrected chi connectivity index (χ4v) is 5.59. The van der Waals surface area contributed by atoms with Crippen LogP contribution < -0.4 is 14.8 Å². The first-order valence-electron chi connectivity index (χ1n) is 10.5. The number of ether oxygens (including phenoxy) is 2. The molecular weight excluding hydrogens is 450 g/mol. The van der Waals surface area contributed by atoms with Crippen molar-refractivity contribution in [2.24, 2.45) is 0 Å². The zero-order valence-electron chi connectivity index (χ0n) is 18.5. The molecule has 2 aromatic rings. The van der Waals surface area contributed by atoms with Crippen LogP contribution in [0.25, 0.3) is 0 Å². The molecule has 0 saturated heterocycles. The highest BCUT2D eigenvalue weighted by Gasteiger charge is 2.34. The number of carbonyl (C=O) groups is 1. The molecule has 33 heavy (non-hydrogen) atoms. The lowest BCUT2D eigenvalue weighted by atomic mass is 9.95. The number of rotatable bonds is 9. The number of carbonyl (C=O) groups excluding carboxylic acids is 1. The van der Waals surface area contributed by atoms with E-state index in [2.05, 4.69) is 5.32 Å². The minimum atomic E-state index is -4.04. The zero-order valence-corrected chi connectivity index (χ0v) is 19.3. The van der Waals surface area contributed by atoms with Crippen LogP contribution >= 0.6 is 0 Å². The first-order chi connectivity index (χ1) is 15.8. The third kappa shape index (κ3) is 5.79. The average molecular weight is 478 g/mol. The van der Waals surface area contributed by atoms with E-state index in [-0.39, 0.29) is 28.1 Å². The van der Waals surface area contributed by atoms with Gasteiger partial charge in [0.05, 0.1) is 30.6 Å². The van der Waals surface area contributed by atoms with Crippen molar-refractivity contribution < 1.29 is 27.6 Å². The maximum absolute atomic E-state index is 13.6. The van der Waals surface area contributed by atoms with E-state index in [1.54, 1.807) is 0 Å². The van der Waals surface area contributed by atoms with Crippen molar-refractivity contribution in [2.45, 2.75) is 43.0 Å². The molecular formula is C22H27N3O7S. The number of nitrogens with zero attached hydrogens (tertiary/aromatic N) is 2. The summed E-state index contributed by atoms with van der Waals surface area (Å²) in [6.07, 6.45) is 4.05. The number of hydrogen-bond donors (Lipinski definition) is 1. The van der Waals surface area contributed by atoms with E-state index in [0.29, 0.717) is 18.6 Å². The summed E-state index contributed by atoms with van der Waals surface area (Å²) in [6.45, 7) is -0.413. The van der Waals surface area contributed by atoms with E-state index in [9.17, 15) is 23.3 Å². The van der Waals surface area contributed by atoms with Gasteiger partial charge < -0.3 is 14.8 Å². The van der Waals surface area contributed by atoms with Crippen molar-refractivity contribution in [2.75, 3.05) is 26.1 Å². The molecule has 0 aromatic heterocycles. The molecule has 10 nitrogen and oxygen atoms in total. The Hall–Kier alpha value is -3.18. The minimum absolute atomic E-state index is 0.00567. The lowest BCUT2D eigenvalue weighted by molar-refractivity contribution is -0.384. The second-order valence-corrected chi connectivity index (χ2v) is 9.61. The van der Waals surface area contributed by atoms with Crippen LogP contribution in [0, 0.1) is 10.1 Å². The van der Waals surface area contributed by atoms with Gasteiger partial charge in [0.1, 0.15) is 0 Å². The molecule has 0 bridgehead atoms. The molecule has 3 rings (SSSR count). The normalized spacial score (nSPS) is 14.6. The number of nitrogens with one attached hydrogen (secondary N) is 1. The molecule has 178 valence electrons. The van der Waals surface area contributed by atoms with Crippen LogP contribution in [0.4, 0.5) is 11.4 Å². The van der Waals surface area contributed by atoms with E-state index in [1.807, 2.05) is 0 Å². The lowest BCUT2D eigenvalue weighted by Crippen LogP contribution is -2.45. The average Bonchev–Trinajstić information content (AvgIpc) is 2.82. The maximum atomic E-state index is 13.6. The summed E-state index contributed by atoms with van der Waals surface area (Å²) in [4.78, 5) is 23.2. The second kappa shape index (κ2) is 10.6. The van der Waals surface area contributed by atoms with Crippen LogP contribution in [0.2, 0.25) is 0 Å². The predicted molar refractivity (Wildman–Crippen MR) is 122 cm³/mol. The summed E-state index contributed by atoms with van der Waals surface area (Å²) >= 11 is 0. The summed E-state index contributed by atoms with van der Waals surface area (Å²) in [5.74, 6) is 0.0809. The van der Waals surface area contributed by atoms with Gasteiger partial charge in [-0.1, -0.05) is 25.3 Å². The molecule has 11 heteroatoms. The highest BCUT2D eigenvalue weighted by molar-refractivity contribution is 7.89. The molecule has 0 spiro atoms. The Labute approximate surface area is 192 Å². The quantitative estimate of drug-likeness (QED) is 0.432. The first-order valence-corrected chi connectivity index (χ1v) is 12.0. The molecule has 1 amide bonds. The lowest BCUT2D eigenvalue weighted by Gasteiger charge is -2.33. The number of anilines is 1. The van der Waals surface area contributed by atoms with Crippen molar-refractivity contribution in [1.82, 2.24) is 4.31 Å². The monoisotopic (exact) mass is 477 g/mol. The van der Waals surface area contributed by atoms with Crippen LogP contribution in [0.15, 0.2) is 47.4 Å². The highest BCUT2D eigenvalue weighted by atomic mass is 32.2. The van der Waals surface area contributed by atoms with Gasteiger partial charge in [0, 0.05) is 29.9 Å². The van der Waals surface area contributed by atoms with E-state index in [1.165, 1.54) is 61.0 Å². The van der Waals surface area contributed by atoms with Crippen LogP contribution in [-0.2, 0) is 14.8 Å². The largest absolute Gasteiger partial charge is 0.493 e. The van der Waals surface area contributed by atoms with Crippen molar-refractivity contribution in [3.8, 4) is 11.5 Å². The van der Waals surface area contributed by atoms with Gasteiger partial charge >= 0.3 is 0 Å². The second-order valence-electron chi connectivity index (χ2n) is 7.71. The molecule has 1 aliphatic carbocycles. The molecule has 0 radical (unpaired) electrons. The third-order valence-electron chi connectivity index (χ3n) is 5.58. The maximum Gasteiger partial charge on any atom is 0.271 e. The number of sulfonamides is 1. The van der Waals surface area contributed by atoms with Crippen LogP contribution in [-0.4, -0.2) is 50.4 Å². The molecule has 0 unspecified atom stereocenters. The number of nitro groups is 1. The molecule has 1 N–H and O–H groups in total. The Morgan fingerprint density at radius 3 is 2.42 bits per heavy atom. The van der Waals surface area contributed by atoms with Crippen molar-refractivity contribution in [1.29, 1.82) is 0 Å². The Kier molecular flexibility index (Phi) is 7.88. The molecule has 0 atom stereocenters. The van der Waals surface area contributed by atoms with Gasteiger partial charge in [0.2, 0.25) is 15.9 Å². The molecule has 0 aliphatic heterocycles.